The van der Waals surface area contributed by atoms with Gasteiger partial charge in [-0.2, -0.15) is 5.26 Å². The summed E-state index contributed by atoms with van der Waals surface area (Å²) in [6.07, 6.45) is 1.19. The number of nitriles is 1. The first-order valence-corrected chi connectivity index (χ1v) is 6.69. The molecule has 0 bridgehead atoms. The van der Waals surface area contributed by atoms with Crippen molar-refractivity contribution in [1.82, 2.24) is 4.72 Å². The first-order chi connectivity index (χ1) is 7.02. The van der Waals surface area contributed by atoms with Gasteiger partial charge in [0.2, 0.25) is 10.0 Å². The van der Waals surface area contributed by atoms with Crippen LogP contribution in [0.2, 0.25) is 0 Å². The fraction of sp³-hybridized carbons (Fsp3) is 0.889. The summed E-state index contributed by atoms with van der Waals surface area (Å²) in [7, 11) is -3.27. The van der Waals surface area contributed by atoms with Crippen molar-refractivity contribution in [3.63, 3.8) is 0 Å². The monoisotopic (exact) mass is 234 g/mol. The smallest absolute Gasteiger partial charge is 0.211 e. The summed E-state index contributed by atoms with van der Waals surface area (Å²) in [4.78, 5) is 0. The molecule has 0 saturated carbocycles. The van der Waals surface area contributed by atoms with Crippen molar-refractivity contribution in [3.05, 3.63) is 0 Å². The lowest BCUT2D eigenvalue weighted by Gasteiger charge is -2.08. The third-order valence-electron chi connectivity index (χ3n) is 1.97. The van der Waals surface area contributed by atoms with Gasteiger partial charge in [0.25, 0.3) is 0 Å². The molecule has 0 rings (SSSR count). The lowest BCUT2D eigenvalue weighted by molar-refractivity contribution is 0.162. The van der Waals surface area contributed by atoms with E-state index in [-0.39, 0.29) is 18.7 Å². The Morgan fingerprint density at radius 1 is 1.53 bits per heavy atom. The van der Waals surface area contributed by atoms with E-state index >= 15 is 0 Å². The van der Waals surface area contributed by atoms with Gasteiger partial charge in [0.05, 0.1) is 17.9 Å². The summed E-state index contributed by atoms with van der Waals surface area (Å²) in [5, 5.41) is 17.4. The molecule has 0 radical (unpaired) electrons. The number of aliphatic hydroxyl groups excluding tert-OH is 1. The van der Waals surface area contributed by atoms with Crippen LogP contribution >= 0.6 is 0 Å². The fourth-order valence-electron chi connectivity index (χ4n) is 0.999. The van der Waals surface area contributed by atoms with Crippen LogP contribution in [-0.4, -0.2) is 31.9 Å². The maximum Gasteiger partial charge on any atom is 0.211 e. The van der Waals surface area contributed by atoms with Crippen molar-refractivity contribution in [2.75, 3.05) is 12.3 Å². The van der Waals surface area contributed by atoms with Gasteiger partial charge in [-0.15, -0.1) is 0 Å². The van der Waals surface area contributed by atoms with E-state index in [1.807, 2.05) is 13.0 Å². The van der Waals surface area contributed by atoms with Crippen LogP contribution in [0.15, 0.2) is 0 Å². The Hall–Kier alpha value is -0.640. The molecule has 0 amide bonds. The van der Waals surface area contributed by atoms with Crippen LogP contribution in [0, 0.1) is 11.3 Å². The molecule has 0 fully saturated rings. The number of aliphatic hydroxyl groups is 1. The topological polar surface area (TPSA) is 90.2 Å². The van der Waals surface area contributed by atoms with Crippen molar-refractivity contribution >= 4 is 10.0 Å². The van der Waals surface area contributed by atoms with E-state index in [4.69, 9.17) is 5.26 Å². The predicted octanol–water partition coefficient (Wildman–Crippen LogP) is 0.371. The van der Waals surface area contributed by atoms with Crippen LogP contribution < -0.4 is 4.72 Å². The van der Waals surface area contributed by atoms with Crippen LogP contribution in [0.4, 0.5) is 0 Å². The molecule has 15 heavy (non-hydrogen) atoms. The molecular formula is C9H18N2O3S. The molecule has 0 aromatic rings. The van der Waals surface area contributed by atoms with Gasteiger partial charge < -0.3 is 5.11 Å². The van der Waals surface area contributed by atoms with E-state index in [9.17, 15) is 13.5 Å². The minimum atomic E-state index is -3.27. The summed E-state index contributed by atoms with van der Waals surface area (Å²) >= 11 is 0. The zero-order chi connectivity index (χ0) is 11.7. The van der Waals surface area contributed by atoms with Gasteiger partial charge >= 0.3 is 0 Å². The molecule has 6 heteroatoms. The number of hydrogen-bond acceptors (Lipinski definition) is 4. The first kappa shape index (κ1) is 14.4. The Labute approximate surface area is 91.2 Å². The van der Waals surface area contributed by atoms with Gasteiger partial charge in [0.1, 0.15) is 0 Å². The molecule has 0 aliphatic rings. The summed E-state index contributed by atoms with van der Waals surface area (Å²) in [6, 6.07) is 1.89. The van der Waals surface area contributed by atoms with E-state index in [1.54, 1.807) is 0 Å². The molecule has 0 spiro atoms. The highest BCUT2D eigenvalue weighted by Crippen LogP contribution is 1.97. The maximum absolute atomic E-state index is 11.3. The number of rotatable bonds is 8. The third-order valence-corrected chi connectivity index (χ3v) is 3.44. The average Bonchev–Trinajstić information content (AvgIpc) is 2.17. The summed E-state index contributed by atoms with van der Waals surface area (Å²) in [5.74, 6) is -0.0250. The van der Waals surface area contributed by atoms with Gasteiger partial charge in [-0.3, -0.25) is 0 Å². The Morgan fingerprint density at radius 2 is 2.20 bits per heavy atom. The maximum atomic E-state index is 11.3. The summed E-state index contributed by atoms with van der Waals surface area (Å²) < 4.78 is 24.9. The molecule has 0 saturated heterocycles. The Kier molecular flexibility index (Phi) is 7.30. The highest BCUT2D eigenvalue weighted by Gasteiger charge is 2.09. The van der Waals surface area contributed by atoms with Crippen LogP contribution in [0.3, 0.4) is 0 Å². The van der Waals surface area contributed by atoms with Crippen molar-refractivity contribution in [1.29, 1.82) is 5.26 Å². The second-order valence-corrected chi connectivity index (χ2v) is 5.25. The molecule has 2 N–H and O–H groups in total. The molecule has 5 nitrogen and oxygen atoms in total. The normalized spacial score (nSPS) is 13.4. The number of hydrogen-bond donors (Lipinski definition) is 2. The molecular weight excluding hydrogens is 216 g/mol. The predicted molar refractivity (Wildman–Crippen MR) is 57.6 cm³/mol. The fourth-order valence-corrected chi connectivity index (χ4v) is 2.10. The van der Waals surface area contributed by atoms with Gasteiger partial charge in [-0.25, -0.2) is 13.1 Å². The first-order valence-electron chi connectivity index (χ1n) is 5.04. The number of nitrogens with one attached hydrogen (secondary N) is 1. The van der Waals surface area contributed by atoms with Gasteiger partial charge in [-0.05, 0) is 19.3 Å². The molecule has 1 atom stereocenters. The Balaban J connectivity index is 3.71. The lowest BCUT2D eigenvalue weighted by atomic mass is 10.2. The van der Waals surface area contributed by atoms with Crippen molar-refractivity contribution in [2.45, 2.75) is 38.7 Å². The van der Waals surface area contributed by atoms with Gasteiger partial charge in [-0.1, -0.05) is 6.92 Å². The van der Waals surface area contributed by atoms with Gasteiger partial charge in [0.15, 0.2) is 0 Å². The summed E-state index contributed by atoms with van der Waals surface area (Å²) in [6.45, 7) is 2.09. The average molecular weight is 234 g/mol. The third kappa shape index (κ3) is 8.36. The molecule has 88 valence electrons. The minimum absolute atomic E-state index is 0.0250. The van der Waals surface area contributed by atoms with Crippen molar-refractivity contribution in [2.24, 2.45) is 0 Å². The zero-order valence-corrected chi connectivity index (χ0v) is 9.76. The second kappa shape index (κ2) is 7.63. The largest absolute Gasteiger partial charge is 0.393 e. The van der Waals surface area contributed by atoms with Crippen LogP contribution in [0.5, 0.6) is 0 Å². The number of sulfonamides is 1. The number of unbranched alkanes of at least 4 members (excludes halogenated alkanes) is 1. The SMILES string of the molecule is CCC(O)CCNS(=O)(=O)CCCC#N. The lowest BCUT2D eigenvalue weighted by Crippen LogP contribution is -2.29. The summed E-state index contributed by atoms with van der Waals surface area (Å²) in [5.41, 5.74) is 0. The van der Waals surface area contributed by atoms with E-state index < -0.39 is 16.1 Å². The molecule has 0 aliphatic heterocycles. The van der Waals surface area contributed by atoms with Crippen LogP contribution in [-0.2, 0) is 10.0 Å². The minimum Gasteiger partial charge on any atom is -0.393 e. The van der Waals surface area contributed by atoms with Gasteiger partial charge in [0, 0.05) is 13.0 Å². The quantitative estimate of drug-likeness (QED) is 0.594. The van der Waals surface area contributed by atoms with Crippen LogP contribution in [0.25, 0.3) is 0 Å². The zero-order valence-electron chi connectivity index (χ0n) is 8.94. The molecule has 1 unspecified atom stereocenters. The molecule has 0 aromatic heterocycles. The molecule has 0 aliphatic carbocycles. The van der Waals surface area contributed by atoms with E-state index in [0.29, 0.717) is 19.3 Å². The highest BCUT2D eigenvalue weighted by atomic mass is 32.2. The standard InChI is InChI=1S/C9H18N2O3S/c1-2-9(12)5-7-11-15(13,14)8-4-3-6-10/h9,11-12H,2-5,7-8H2,1H3. The van der Waals surface area contributed by atoms with E-state index in [0.717, 1.165) is 0 Å². The molecule has 0 aromatic carbocycles. The molecule has 0 heterocycles. The van der Waals surface area contributed by atoms with E-state index in [2.05, 4.69) is 4.72 Å². The van der Waals surface area contributed by atoms with Crippen LogP contribution in [0.1, 0.15) is 32.6 Å². The van der Waals surface area contributed by atoms with E-state index in [1.165, 1.54) is 0 Å². The Morgan fingerprint density at radius 3 is 2.73 bits per heavy atom. The highest BCUT2D eigenvalue weighted by molar-refractivity contribution is 7.89. The second-order valence-electron chi connectivity index (χ2n) is 3.33. The van der Waals surface area contributed by atoms with Crippen molar-refractivity contribution in [3.8, 4) is 6.07 Å². The number of nitrogens with zero attached hydrogens (tertiary/aromatic N) is 1. The Bertz CT molecular complexity index is 295. The van der Waals surface area contributed by atoms with Crippen molar-refractivity contribution < 1.29 is 13.5 Å².